The first-order chi connectivity index (χ1) is 44.4. The van der Waals surface area contributed by atoms with Crippen molar-refractivity contribution in [2.45, 2.75) is 111 Å². The van der Waals surface area contributed by atoms with Crippen LogP contribution in [0.1, 0.15) is 130 Å². The van der Waals surface area contributed by atoms with Gasteiger partial charge >= 0.3 is 17.2 Å². The van der Waals surface area contributed by atoms with Crippen molar-refractivity contribution < 1.29 is 57.4 Å². The Bertz CT molecular complexity index is 3380. The zero-order valence-electron chi connectivity index (χ0n) is 52.0. The van der Waals surface area contributed by atoms with Gasteiger partial charge in [0.05, 0.1) is 71.9 Å². The van der Waals surface area contributed by atoms with Gasteiger partial charge in [0, 0.05) is 73.6 Å². The lowest BCUT2D eigenvalue weighted by atomic mass is 9.94. The van der Waals surface area contributed by atoms with E-state index in [4.69, 9.17) is 59.8 Å². The summed E-state index contributed by atoms with van der Waals surface area (Å²) in [5.74, 6) is 11.4. The van der Waals surface area contributed by atoms with Crippen LogP contribution in [0.3, 0.4) is 0 Å². The third-order valence-electron chi connectivity index (χ3n) is 14.9. The number of para-hydroxylation sites is 2. The highest BCUT2D eigenvalue weighted by atomic mass is 32.2. The maximum atomic E-state index is 13.8. The Hall–Kier alpha value is -7.51. The van der Waals surface area contributed by atoms with Crippen LogP contribution in [-0.2, 0) is 57.4 Å². The highest BCUT2D eigenvalue weighted by Gasteiger charge is 2.33. The van der Waals surface area contributed by atoms with E-state index in [-0.39, 0.29) is 82.1 Å². The van der Waals surface area contributed by atoms with E-state index in [0.717, 1.165) is 82.6 Å². The van der Waals surface area contributed by atoms with Crippen molar-refractivity contribution in [2.24, 2.45) is 23.2 Å². The maximum Gasteiger partial charge on any atom is 0.327 e. The van der Waals surface area contributed by atoms with Crippen LogP contribution in [0.2, 0.25) is 0 Å². The molecule has 3 aliphatic rings. The van der Waals surface area contributed by atoms with Crippen LogP contribution >= 0.6 is 29.0 Å². The number of hydrazine groups is 2. The van der Waals surface area contributed by atoms with Crippen LogP contribution < -0.4 is 43.6 Å². The number of benzene rings is 5. The second-order valence-electron chi connectivity index (χ2n) is 21.2. The van der Waals surface area contributed by atoms with Gasteiger partial charge in [-0.15, -0.1) is 11.8 Å². The number of nitrogens with zero attached hydrogens (tertiary/aromatic N) is 5. The van der Waals surface area contributed by atoms with Crippen molar-refractivity contribution in [1.29, 1.82) is 0 Å². The van der Waals surface area contributed by atoms with Crippen LogP contribution in [0, 0.1) is 0 Å². The second kappa shape index (κ2) is 38.5. The first-order valence-electron chi connectivity index (χ1n) is 30.6. The van der Waals surface area contributed by atoms with Crippen molar-refractivity contribution in [1.82, 2.24) is 25.5 Å². The van der Waals surface area contributed by atoms with E-state index in [0.29, 0.717) is 82.1 Å². The quantitative estimate of drug-likeness (QED) is 0.00527. The fourth-order valence-corrected chi connectivity index (χ4v) is 12.0. The number of amides is 6. The summed E-state index contributed by atoms with van der Waals surface area (Å²) in [6.45, 7) is 6.05. The lowest BCUT2D eigenvalue weighted by molar-refractivity contribution is -0.137. The van der Waals surface area contributed by atoms with Crippen molar-refractivity contribution in [2.75, 3.05) is 48.4 Å². The van der Waals surface area contributed by atoms with E-state index < -0.39 is 29.0 Å². The summed E-state index contributed by atoms with van der Waals surface area (Å²) in [4.78, 5) is 118. The van der Waals surface area contributed by atoms with Crippen molar-refractivity contribution in [3.05, 3.63) is 177 Å². The summed E-state index contributed by atoms with van der Waals surface area (Å²) in [5, 5.41) is 7.26. The summed E-state index contributed by atoms with van der Waals surface area (Å²) in [6, 6.07) is 39.7. The molecule has 0 fully saturated rings. The SMILES string of the molecule is CC.N/C1=C(\N(N)Cc2ccccc2)c2ccccc2CN(C(=O)CCNC(=O)CCN2C(=O)C=C(SCCCCCCOP(O)O)C2=O)c2ccccc21.[B]N(N)/C1=C(\N)c2ccccc2N(C(=O)CCC(=O)NCCCCCCOP(O)O)Cc2ccccc21. The van der Waals surface area contributed by atoms with Crippen LogP contribution in [0.4, 0.5) is 11.4 Å². The number of carbonyl (C=O) groups is 6. The lowest BCUT2D eigenvalue weighted by Crippen LogP contribution is -2.38. The third-order valence-corrected chi connectivity index (χ3v) is 16.8. The Balaban J connectivity index is 0.000000302. The molecule has 5 aromatic carbocycles. The van der Waals surface area contributed by atoms with E-state index in [9.17, 15) is 28.8 Å². The zero-order valence-corrected chi connectivity index (χ0v) is 54.6. The predicted molar refractivity (Wildman–Crippen MR) is 363 cm³/mol. The lowest BCUT2D eigenvalue weighted by Gasteiger charge is -2.33. The molecular weight excluding hydrogens is 1230 g/mol. The van der Waals surface area contributed by atoms with E-state index in [1.807, 2.05) is 141 Å². The van der Waals surface area contributed by atoms with Gasteiger partial charge in [0.1, 0.15) is 0 Å². The van der Waals surface area contributed by atoms with Gasteiger partial charge in [-0.05, 0) is 60.3 Å². The van der Waals surface area contributed by atoms with Crippen molar-refractivity contribution in [3.63, 3.8) is 0 Å². The Morgan fingerprint density at radius 2 is 1.04 bits per heavy atom. The molecule has 27 heteroatoms. The number of hydrogen-bond donors (Lipinski definition) is 10. The fraction of sp³-hybridized carbons (Fsp3) is 0.354. The molecule has 0 atom stereocenters. The maximum absolute atomic E-state index is 13.8. The molecule has 0 bridgehead atoms. The number of anilines is 2. The van der Waals surface area contributed by atoms with Gasteiger partial charge in [-0.1, -0.05) is 155 Å². The summed E-state index contributed by atoms with van der Waals surface area (Å²) < 4.78 is 9.46. The summed E-state index contributed by atoms with van der Waals surface area (Å²) in [6.07, 6.45) is 7.82. The predicted octanol–water partition coefficient (Wildman–Crippen LogP) is 7.65. The van der Waals surface area contributed by atoms with E-state index in [2.05, 4.69) is 10.6 Å². The van der Waals surface area contributed by atoms with Crippen LogP contribution in [0.25, 0.3) is 22.8 Å². The number of unbranched alkanes of at least 4 members (excludes halogenated alkanes) is 6. The molecule has 0 saturated carbocycles. The minimum Gasteiger partial charge on any atom is -0.396 e. The molecule has 14 N–H and O–H groups in total. The molecule has 6 amide bonds. The summed E-state index contributed by atoms with van der Waals surface area (Å²) >= 11 is 1.31. The average Bonchev–Trinajstić information content (AvgIpc) is 0.977. The fourth-order valence-electron chi connectivity index (χ4n) is 10.4. The largest absolute Gasteiger partial charge is 0.396 e. The number of thioether (sulfide) groups is 1. The number of fused-ring (bicyclic) bond motifs is 4. The molecule has 0 unspecified atom stereocenters. The normalized spacial score (nSPS) is 15.0. The number of carbonyl (C=O) groups excluding carboxylic acids is 6. The molecule has 3 heterocycles. The molecule has 0 saturated heterocycles. The van der Waals surface area contributed by atoms with Gasteiger partial charge in [-0.3, -0.25) is 39.5 Å². The number of imide groups is 1. The van der Waals surface area contributed by atoms with Gasteiger partial charge in [-0.25, -0.2) is 5.84 Å². The molecule has 490 valence electrons. The Kier molecular flexibility index (Phi) is 30.8. The molecule has 5 aromatic rings. The first-order valence-corrected chi connectivity index (χ1v) is 33.9. The second-order valence-corrected chi connectivity index (χ2v) is 23.9. The molecule has 3 aliphatic heterocycles. The van der Waals surface area contributed by atoms with Crippen molar-refractivity contribution >= 4 is 107 Å². The van der Waals surface area contributed by atoms with Crippen LogP contribution in [0.15, 0.2) is 138 Å². The molecule has 8 rings (SSSR count). The number of hydrogen-bond acceptors (Lipinski definition) is 19. The van der Waals surface area contributed by atoms with Gasteiger partial charge in [0.15, 0.2) is 0 Å². The van der Waals surface area contributed by atoms with Gasteiger partial charge in [0.25, 0.3) is 19.8 Å². The van der Waals surface area contributed by atoms with Crippen molar-refractivity contribution in [3.8, 4) is 0 Å². The number of rotatable bonds is 30. The number of nitrogens with two attached hydrogens (primary N) is 4. The molecular formula is C65H84BN11O12P2S. The van der Waals surface area contributed by atoms with Gasteiger partial charge < -0.3 is 70.5 Å². The van der Waals surface area contributed by atoms with Gasteiger partial charge in [-0.2, -0.15) is 0 Å². The smallest absolute Gasteiger partial charge is 0.327 e. The monoisotopic (exact) mass is 1320 g/mol. The third kappa shape index (κ3) is 21.8. The van der Waals surface area contributed by atoms with Crippen LogP contribution in [0.5, 0.6) is 0 Å². The minimum atomic E-state index is -2.33. The van der Waals surface area contributed by atoms with E-state index in [1.165, 1.54) is 17.8 Å². The summed E-state index contributed by atoms with van der Waals surface area (Å²) in [5.41, 5.74) is 22.1. The van der Waals surface area contributed by atoms with E-state index in [1.54, 1.807) is 14.8 Å². The molecule has 0 aliphatic carbocycles. The zero-order chi connectivity index (χ0) is 66.5. The minimum absolute atomic E-state index is 0.0108. The average molecular weight is 1320 g/mol. The molecule has 0 spiro atoms. The number of nitrogens with one attached hydrogen (secondary N) is 2. The molecule has 0 aromatic heterocycles. The summed E-state index contributed by atoms with van der Waals surface area (Å²) in [7, 11) is 1.32. The van der Waals surface area contributed by atoms with Gasteiger partial charge in [0.2, 0.25) is 23.6 Å². The van der Waals surface area contributed by atoms with E-state index >= 15 is 0 Å². The topological polar surface area (TPSA) is 346 Å². The molecule has 2 radical (unpaired) electrons. The van der Waals surface area contributed by atoms with Crippen LogP contribution in [-0.4, -0.2) is 116 Å². The Morgan fingerprint density at radius 3 is 1.61 bits per heavy atom. The molecule has 92 heavy (non-hydrogen) atoms. The Morgan fingerprint density at radius 1 is 0.576 bits per heavy atom. The Labute approximate surface area is 546 Å². The highest BCUT2D eigenvalue weighted by Crippen LogP contribution is 2.39. The highest BCUT2D eigenvalue weighted by molar-refractivity contribution is 8.04. The first kappa shape index (κ1) is 73.5. The standard InChI is InChI=1S/C38H45N6O7PS.C25H33BN5O5P.C2H6/c39-36-30-16-8-9-17-31(30)43(26-28-14-6-7-15-29(28)37(36)44(40)25-27-12-4-3-5-13-27)34(46)18-20-41-33(45)19-21-42-35(47)24-32(38(42)48)53-23-11-2-1-10-22-51-52(49)50;26-31(28)25-19-10-4-3-9-18(19)17-30(21-12-6-5-11-20(21)24(25)27)23(33)14-13-22(32)29-15-7-1-2-8-16-36-37(34)35;1-2/h3-9,12-17,24,49-50H,1-2,10-11,18-23,25-26,39-40H2,(H,41,45);3-6,9-12,34-35H,1-2,7-8,13-17,27-28H2,(H,29,32);1-2H3/b37-36-;25-24-;. The molecule has 23 nitrogen and oxygen atoms in total.